The van der Waals surface area contributed by atoms with Crippen LogP contribution in [0, 0.1) is 6.92 Å². The lowest BCUT2D eigenvalue weighted by Crippen LogP contribution is -2.04. The molecule has 7 nitrogen and oxygen atoms in total. The summed E-state index contributed by atoms with van der Waals surface area (Å²) in [6.07, 6.45) is 0.366. The Bertz CT molecular complexity index is 568. The minimum absolute atomic E-state index is 0.0138. The molecule has 1 aromatic carbocycles. The fraction of sp³-hybridized carbons (Fsp3) is 0.417. The van der Waals surface area contributed by atoms with Gasteiger partial charge in [0.2, 0.25) is 0 Å². The molecule has 0 fully saturated rings. The van der Waals surface area contributed by atoms with E-state index in [0.29, 0.717) is 23.7 Å². The van der Waals surface area contributed by atoms with Crippen LogP contribution in [0.15, 0.2) is 12.1 Å². The van der Waals surface area contributed by atoms with E-state index >= 15 is 0 Å². The zero-order valence-electron chi connectivity index (χ0n) is 11.1. The van der Waals surface area contributed by atoms with Gasteiger partial charge in [0.05, 0.1) is 20.8 Å². The van der Waals surface area contributed by atoms with Crippen LogP contribution >= 0.6 is 0 Å². The first-order chi connectivity index (χ1) is 9.19. The summed E-state index contributed by atoms with van der Waals surface area (Å²) in [4.78, 5) is 1.37. The van der Waals surface area contributed by atoms with Crippen LogP contribution in [0.25, 0.3) is 5.69 Å². The van der Waals surface area contributed by atoms with Gasteiger partial charge in [-0.15, -0.1) is 15.0 Å². The summed E-state index contributed by atoms with van der Waals surface area (Å²) in [5.41, 5.74) is 1.60. The molecular weight excluding hydrogens is 248 g/mol. The molecule has 0 aliphatic heterocycles. The number of aliphatic hydroxyl groups excluding tert-OH is 1. The van der Waals surface area contributed by atoms with Gasteiger partial charge in [0, 0.05) is 12.5 Å². The molecule has 1 aromatic heterocycles. The summed E-state index contributed by atoms with van der Waals surface area (Å²) in [5.74, 6) is 1.83. The van der Waals surface area contributed by atoms with Crippen molar-refractivity contribution in [2.75, 3.05) is 20.8 Å². The molecule has 1 N–H and O–H groups in total. The van der Waals surface area contributed by atoms with Crippen molar-refractivity contribution in [3.63, 3.8) is 0 Å². The minimum Gasteiger partial charge on any atom is -0.496 e. The lowest BCUT2D eigenvalue weighted by molar-refractivity contribution is 0.296. The van der Waals surface area contributed by atoms with E-state index < -0.39 is 0 Å². The van der Waals surface area contributed by atoms with Crippen molar-refractivity contribution in [1.29, 1.82) is 0 Å². The van der Waals surface area contributed by atoms with E-state index in [1.54, 1.807) is 20.3 Å². The Labute approximate surface area is 110 Å². The number of rotatable bonds is 5. The third kappa shape index (κ3) is 2.65. The van der Waals surface area contributed by atoms with Gasteiger partial charge in [-0.25, -0.2) is 0 Å². The zero-order chi connectivity index (χ0) is 13.8. The van der Waals surface area contributed by atoms with Crippen LogP contribution in [0.2, 0.25) is 0 Å². The smallest absolute Gasteiger partial charge is 0.177 e. The summed E-state index contributed by atoms with van der Waals surface area (Å²) in [5, 5.41) is 20.8. The van der Waals surface area contributed by atoms with Crippen LogP contribution in [0.4, 0.5) is 0 Å². The summed E-state index contributed by atoms with van der Waals surface area (Å²) in [6, 6.07) is 3.64. The van der Waals surface area contributed by atoms with Crippen LogP contribution < -0.4 is 9.47 Å². The molecule has 0 radical (unpaired) electrons. The molecule has 7 heteroatoms. The molecule has 2 rings (SSSR count). The Morgan fingerprint density at radius 3 is 2.58 bits per heavy atom. The number of tetrazole rings is 1. The van der Waals surface area contributed by atoms with Crippen molar-refractivity contribution in [2.45, 2.75) is 13.3 Å². The molecular formula is C12H16N4O3. The van der Waals surface area contributed by atoms with Gasteiger partial charge >= 0.3 is 0 Å². The topological polar surface area (TPSA) is 82.3 Å². The number of hydrogen-bond acceptors (Lipinski definition) is 6. The standard InChI is InChI=1S/C12H16N4O3/c1-8-6-11(19-3)9(7-10(8)18-2)16-14-12(4-5-17)13-15-16/h6-7,17H,4-5H2,1-3H3. The lowest BCUT2D eigenvalue weighted by Gasteiger charge is -2.11. The van der Waals surface area contributed by atoms with Gasteiger partial charge < -0.3 is 14.6 Å². The Morgan fingerprint density at radius 2 is 1.95 bits per heavy atom. The highest BCUT2D eigenvalue weighted by atomic mass is 16.5. The third-order valence-electron chi connectivity index (χ3n) is 2.70. The van der Waals surface area contributed by atoms with Crippen molar-refractivity contribution < 1.29 is 14.6 Å². The number of methoxy groups -OCH3 is 2. The summed E-state index contributed by atoms with van der Waals surface area (Å²) >= 11 is 0. The molecule has 0 bridgehead atoms. The van der Waals surface area contributed by atoms with Crippen molar-refractivity contribution in [1.82, 2.24) is 20.2 Å². The van der Waals surface area contributed by atoms with Gasteiger partial charge in [-0.3, -0.25) is 0 Å². The normalized spacial score (nSPS) is 10.5. The summed E-state index contributed by atoms with van der Waals surface area (Å²) in [7, 11) is 3.18. The highest BCUT2D eigenvalue weighted by Gasteiger charge is 2.13. The van der Waals surface area contributed by atoms with Crippen LogP contribution in [0.5, 0.6) is 11.5 Å². The van der Waals surface area contributed by atoms with Gasteiger partial charge in [0.1, 0.15) is 17.2 Å². The van der Waals surface area contributed by atoms with E-state index in [1.165, 1.54) is 4.80 Å². The van der Waals surface area contributed by atoms with Gasteiger partial charge in [0.25, 0.3) is 0 Å². The van der Waals surface area contributed by atoms with E-state index in [-0.39, 0.29) is 6.61 Å². The molecule has 0 aliphatic carbocycles. The van der Waals surface area contributed by atoms with Crippen LogP contribution in [-0.2, 0) is 6.42 Å². The minimum atomic E-state index is -0.0138. The average molecular weight is 264 g/mol. The highest BCUT2D eigenvalue weighted by molar-refractivity contribution is 5.53. The van der Waals surface area contributed by atoms with Gasteiger partial charge in [0.15, 0.2) is 5.82 Å². The first-order valence-corrected chi connectivity index (χ1v) is 5.82. The van der Waals surface area contributed by atoms with Gasteiger partial charge in [-0.05, 0) is 23.8 Å². The molecule has 0 saturated carbocycles. The first-order valence-electron chi connectivity index (χ1n) is 5.82. The molecule has 0 unspecified atom stereocenters. The van der Waals surface area contributed by atoms with E-state index in [0.717, 1.165) is 11.3 Å². The van der Waals surface area contributed by atoms with Gasteiger partial charge in [-0.2, -0.15) is 0 Å². The Morgan fingerprint density at radius 1 is 1.21 bits per heavy atom. The van der Waals surface area contributed by atoms with E-state index in [4.69, 9.17) is 14.6 Å². The molecule has 102 valence electrons. The number of nitrogens with zero attached hydrogens (tertiary/aromatic N) is 4. The number of benzene rings is 1. The Hall–Kier alpha value is -2.15. The summed E-state index contributed by atoms with van der Waals surface area (Å²) < 4.78 is 10.6. The SMILES string of the molecule is COc1cc(-n2nnc(CCO)n2)c(OC)cc1C. The molecule has 0 aliphatic rings. The maximum absolute atomic E-state index is 8.86. The molecule has 0 atom stereocenters. The number of aromatic nitrogens is 4. The van der Waals surface area contributed by atoms with Gasteiger partial charge in [-0.1, -0.05) is 0 Å². The molecule has 2 aromatic rings. The maximum atomic E-state index is 8.86. The quantitative estimate of drug-likeness (QED) is 0.848. The lowest BCUT2D eigenvalue weighted by atomic mass is 10.2. The molecule has 0 saturated heterocycles. The number of aliphatic hydroxyl groups is 1. The predicted octanol–water partition coefficient (Wildman–Crippen LogP) is 0.523. The van der Waals surface area contributed by atoms with Crippen molar-refractivity contribution in [2.24, 2.45) is 0 Å². The fourth-order valence-corrected chi connectivity index (χ4v) is 1.74. The predicted molar refractivity (Wildman–Crippen MR) is 67.8 cm³/mol. The second-order valence-electron chi connectivity index (χ2n) is 3.96. The zero-order valence-corrected chi connectivity index (χ0v) is 11.1. The van der Waals surface area contributed by atoms with E-state index in [9.17, 15) is 0 Å². The molecule has 0 spiro atoms. The fourth-order valence-electron chi connectivity index (χ4n) is 1.74. The Kier molecular flexibility index (Phi) is 3.96. The molecule has 0 amide bonds. The van der Waals surface area contributed by atoms with Crippen molar-refractivity contribution in [3.05, 3.63) is 23.5 Å². The first kappa shape index (κ1) is 13.3. The number of ether oxygens (including phenoxy) is 2. The highest BCUT2D eigenvalue weighted by Crippen LogP contribution is 2.30. The third-order valence-corrected chi connectivity index (χ3v) is 2.70. The van der Waals surface area contributed by atoms with Crippen molar-refractivity contribution >= 4 is 0 Å². The number of aryl methyl sites for hydroxylation is 1. The second kappa shape index (κ2) is 5.66. The van der Waals surface area contributed by atoms with Crippen LogP contribution in [0.1, 0.15) is 11.4 Å². The van der Waals surface area contributed by atoms with E-state index in [1.807, 2.05) is 13.0 Å². The monoisotopic (exact) mass is 264 g/mol. The van der Waals surface area contributed by atoms with Crippen LogP contribution in [0.3, 0.4) is 0 Å². The van der Waals surface area contributed by atoms with E-state index in [2.05, 4.69) is 15.4 Å². The molecule has 1 heterocycles. The second-order valence-corrected chi connectivity index (χ2v) is 3.96. The molecule has 19 heavy (non-hydrogen) atoms. The number of hydrogen-bond donors (Lipinski definition) is 1. The largest absolute Gasteiger partial charge is 0.496 e. The maximum Gasteiger partial charge on any atom is 0.177 e. The van der Waals surface area contributed by atoms with Crippen molar-refractivity contribution in [3.8, 4) is 17.2 Å². The summed E-state index contributed by atoms with van der Waals surface area (Å²) in [6.45, 7) is 1.91. The van der Waals surface area contributed by atoms with Crippen LogP contribution in [-0.4, -0.2) is 46.1 Å². The average Bonchev–Trinajstić information content (AvgIpc) is 2.87. The Balaban J connectivity index is 2.46.